The standard InChI is InChI=1S/C20H37N5O6S/c1-6-11(4)16(25-17(27)12(21)7-8-32-5)19(29)23-13(9-14(22)26)18(28)24-15(10(2)3)20(30)31/h10-13,15-16H,6-9,21H2,1-5H3,(H2,22,26)(H,23,29)(H,24,28)(H,25,27)(H,30,31). The summed E-state index contributed by atoms with van der Waals surface area (Å²) in [5.74, 6) is -4.21. The molecular weight excluding hydrogens is 438 g/mol. The Morgan fingerprint density at radius 2 is 1.50 bits per heavy atom. The third-order valence-electron chi connectivity index (χ3n) is 5.03. The van der Waals surface area contributed by atoms with Crippen molar-refractivity contribution in [3.05, 3.63) is 0 Å². The van der Waals surface area contributed by atoms with Crippen LogP contribution in [0, 0.1) is 11.8 Å². The van der Waals surface area contributed by atoms with Gasteiger partial charge in [0.25, 0.3) is 0 Å². The molecule has 0 aliphatic rings. The molecule has 0 heterocycles. The van der Waals surface area contributed by atoms with Gasteiger partial charge in [-0.05, 0) is 30.3 Å². The van der Waals surface area contributed by atoms with Crippen LogP contribution in [0.2, 0.25) is 0 Å². The first-order chi connectivity index (χ1) is 14.8. The zero-order chi connectivity index (χ0) is 25.0. The van der Waals surface area contributed by atoms with Gasteiger partial charge >= 0.3 is 5.97 Å². The molecule has 0 saturated heterocycles. The van der Waals surface area contributed by atoms with E-state index in [4.69, 9.17) is 11.5 Å². The van der Waals surface area contributed by atoms with Crippen molar-refractivity contribution in [3.63, 3.8) is 0 Å². The van der Waals surface area contributed by atoms with E-state index >= 15 is 0 Å². The highest BCUT2D eigenvalue weighted by atomic mass is 32.2. The van der Waals surface area contributed by atoms with Gasteiger partial charge in [-0.3, -0.25) is 19.2 Å². The van der Waals surface area contributed by atoms with E-state index in [1.807, 2.05) is 13.2 Å². The van der Waals surface area contributed by atoms with Crippen LogP contribution in [0.1, 0.15) is 47.0 Å². The second kappa shape index (κ2) is 14.7. The van der Waals surface area contributed by atoms with Crippen molar-refractivity contribution < 1.29 is 29.1 Å². The van der Waals surface area contributed by atoms with Crippen LogP contribution in [0.15, 0.2) is 0 Å². The molecule has 0 aromatic carbocycles. The van der Waals surface area contributed by atoms with Gasteiger partial charge in [-0.25, -0.2) is 4.79 Å². The molecule has 0 fully saturated rings. The number of hydrogen-bond acceptors (Lipinski definition) is 7. The molecule has 5 atom stereocenters. The second-order valence-electron chi connectivity index (χ2n) is 8.06. The minimum Gasteiger partial charge on any atom is -0.480 e. The minimum atomic E-state index is -1.39. The lowest BCUT2D eigenvalue weighted by Gasteiger charge is -2.28. The summed E-state index contributed by atoms with van der Waals surface area (Å²) in [7, 11) is 0. The third-order valence-corrected chi connectivity index (χ3v) is 5.68. The summed E-state index contributed by atoms with van der Waals surface area (Å²) in [6, 6.07) is -4.41. The van der Waals surface area contributed by atoms with E-state index < -0.39 is 66.1 Å². The predicted molar refractivity (Wildman–Crippen MR) is 123 cm³/mol. The molecule has 12 heteroatoms. The highest BCUT2D eigenvalue weighted by molar-refractivity contribution is 7.98. The van der Waals surface area contributed by atoms with Crippen molar-refractivity contribution >= 4 is 41.4 Å². The van der Waals surface area contributed by atoms with Gasteiger partial charge in [-0.1, -0.05) is 34.1 Å². The summed E-state index contributed by atoms with van der Waals surface area (Å²) in [5, 5.41) is 16.7. The van der Waals surface area contributed by atoms with E-state index in [1.54, 1.807) is 32.5 Å². The average molecular weight is 476 g/mol. The first-order valence-electron chi connectivity index (χ1n) is 10.5. The van der Waals surface area contributed by atoms with Crippen LogP contribution in [0.25, 0.3) is 0 Å². The number of carbonyl (C=O) groups excluding carboxylic acids is 4. The van der Waals surface area contributed by atoms with Gasteiger partial charge in [0.1, 0.15) is 18.1 Å². The lowest BCUT2D eigenvalue weighted by atomic mass is 9.97. The summed E-state index contributed by atoms with van der Waals surface area (Å²) in [6.07, 6.45) is 2.33. The Hall–Kier alpha value is -2.34. The predicted octanol–water partition coefficient (Wildman–Crippen LogP) is -0.817. The van der Waals surface area contributed by atoms with Crippen molar-refractivity contribution in [2.75, 3.05) is 12.0 Å². The maximum atomic E-state index is 12.9. The molecule has 32 heavy (non-hydrogen) atoms. The maximum absolute atomic E-state index is 12.9. The fraction of sp³-hybridized carbons (Fsp3) is 0.750. The van der Waals surface area contributed by atoms with Gasteiger partial charge < -0.3 is 32.5 Å². The molecule has 0 aromatic heterocycles. The van der Waals surface area contributed by atoms with E-state index in [2.05, 4.69) is 16.0 Å². The number of amides is 4. The molecule has 5 unspecified atom stereocenters. The van der Waals surface area contributed by atoms with E-state index in [9.17, 15) is 29.1 Å². The Balaban J connectivity index is 5.52. The van der Waals surface area contributed by atoms with Crippen LogP contribution >= 0.6 is 11.8 Å². The minimum absolute atomic E-state index is 0.300. The van der Waals surface area contributed by atoms with Crippen molar-refractivity contribution in [3.8, 4) is 0 Å². The van der Waals surface area contributed by atoms with E-state index in [1.165, 1.54) is 0 Å². The topological polar surface area (TPSA) is 194 Å². The number of primary amides is 1. The molecule has 0 saturated carbocycles. The lowest BCUT2D eigenvalue weighted by Crippen LogP contribution is -2.59. The SMILES string of the molecule is CCC(C)C(NC(=O)C(N)CCSC)C(=O)NC(CC(N)=O)C(=O)NC(C(=O)O)C(C)C. The largest absolute Gasteiger partial charge is 0.480 e. The molecule has 0 spiro atoms. The van der Waals surface area contributed by atoms with Crippen LogP contribution in [0.5, 0.6) is 0 Å². The number of aliphatic carboxylic acids is 1. The monoisotopic (exact) mass is 475 g/mol. The van der Waals surface area contributed by atoms with E-state index in [0.717, 1.165) is 0 Å². The zero-order valence-corrected chi connectivity index (χ0v) is 20.2. The number of nitrogens with two attached hydrogens (primary N) is 2. The number of carboxylic acid groups (broad SMARTS) is 1. The van der Waals surface area contributed by atoms with Gasteiger partial charge in [0.15, 0.2) is 0 Å². The maximum Gasteiger partial charge on any atom is 0.326 e. The number of rotatable bonds is 15. The Bertz CT molecular complexity index is 675. The fourth-order valence-electron chi connectivity index (χ4n) is 2.78. The fourth-order valence-corrected chi connectivity index (χ4v) is 3.27. The molecule has 0 rings (SSSR count). The van der Waals surface area contributed by atoms with Gasteiger partial charge in [-0.15, -0.1) is 0 Å². The number of nitrogens with one attached hydrogen (secondary N) is 3. The van der Waals surface area contributed by atoms with Crippen LogP contribution in [-0.4, -0.2) is 70.9 Å². The van der Waals surface area contributed by atoms with Gasteiger partial charge in [0.05, 0.1) is 12.5 Å². The van der Waals surface area contributed by atoms with Crippen molar-refractivity contribution in [2.45, 2.75) is 71.1 Å². The average Bonchev–Trinajstić information content (AvgIpc) is 2.71. The number of hydrogen-bond donors (Lipinski definition) is 6. The summed E-state index contributed by atoms with van der Waals surface area (Å²) in [5.41, 5.74) is 11.1. The zero-order valence-electron chi connectivity index (χ0n) is 19.3. The first-order valence-corrected chi connectivity index (χ1v) is 11.9. The molecule has 0 aliphatic heterocycles. The van der Waals surface area contributed by atoms with Crippen molar-refractivity contribution in [1.82, 2.24) is 16.0 Å². The second-order valence-corrected chi connectivity index (χ2v) is 9.05. The van der Waals surface area contributed by atoms with Crippen molar-refractivity contribution in [1.29, 1.82) is 0 Å². The van der Waals surface area contributed by atoms with E-state index in [0.29, 0.717) is 18.6 Å². The van der Waals surface area contributed by atoms with Gasteiger partial charge in [0.2, 0.25) is 23.6 Å². The Morgan fingerprint density at radius 3 is 1.94 bits per heavy atom. The highest BCUT2D eigenvalue weighted by Crippen LogP contribution is 2.10. The lowest BCUT2D eigenvalue weighted by molar-refractivity contribution is -0.143. The van der Waals surface area contributed by atoms with Crippen LogP contribution in [-0.2, 0) is 24.0 Å². The summed E-state index contributed by atoms with van der Waals surface area (Å²) >= 11 is 1.54. The summed E-state index contributed by atoms with van der Waals surface area (Å²) in [4.78, 5) is 60.9. The molecule has 0 bridgehead atoms. The summed E-state index contributed by atoms with van der Waals surface area (Å²) in [6.45, 7) is 6.80. The molecule has 0 aromatic rings. The van der Waals surface area contributed by atoms with Gasteiger partial charge in [0, 0.05) is 0 Å². The van der Waals surface area contributed by atoms with Crippen LogP contribution < -0.4 is 27.4 Å². The quantitative estimate of drug-likeness (QED) is 0.177. The van der Waals surface area contributed by atoms with E-state index in [-0.39, 0.29) is 5.92 Å². The molecule has 0 radical (unpaired) electrons. The van der Waals surface area contributed by atoms with Crippen LogP contribution in [0.3, 0.4) is 0 Å². The molecular formula is C20H37N5O6S. The van der Waals surface area contributed by atoms with Crippen molar-refractivity contribution in [2.24, 2.45) is 23.3 Å². The number of carboxylic acids is 1. The third kappa shape index (κ3) is 10.3. The smallest absolute Gasteiger partial charge is 0.326 e. The highest BCUT2D eigenvalue weighted by Gasteiger charge is 2.33. The molecule has 8 N–H and O–H groups in total. The summed E-state index contributed by atoms with van der Waals surface area (Å²) < 4.78 is 0. The molecule has 11 nitrogen and oxygen atoms in total. The molecule has 4 amide bonds. The molecule has 184 valence electrons. The first kappa shape index (κ1) is 29.7. The number of carbonyl (C=O) groups is 5. The normalized spacial score (nSPS) is 15.7. The van der Waals surface area contributed by atoms with Crippen LogP contribution in [0.4, 0.5) is 0 Å². The Labute approximate surface area is 193 Å². The Kier molecular flexibility index (Phi) is 13.6. The number of thioether (sulfide) groups is 1. The Morgan fingerprint density at radius 1 is 0.938 bits per heavy atom. The molecule has 0 aliphatic carbocycles. The van der Waals surface area contributed by atoms with Gasteiger partial charge in [-0.2, -0.15) is 11.8 Å².